The van der Waals surface area contributed by atoms with Crippen molar-refractivity contribution in [2.75, 3.05) is 32.7 Å². The maximum absolute atomic E-state index is 11.5. The van der Waals surface area contributed by atoms with Crippen LogP contribution in [0.4, 0.5) is 0 Å². The monoisotopic (exact) mass is 239 g/mol. The van der Waals surface area contributed by atoms with E-state index in [0.717, 1.165) is 6.54 Å². The standard InChI is InChI=1S/C13H25N3O/c1-3-7-14-11-13(17)15-10-12(2)16-8-5-4-6-9-16/h3,12,14H,1,4-11H2,2H3,(H,15,17). The van der Waals surface area contributed by atoms with Crippen LogP contribution >= 0.6 is 0 Å². The van der Waals surface area contributed by atoms with Gasteiger partial charge in [0.15, 0.2) is 0 Å². The number of piperidine rings is 1. The van der Waals surface area contributed by atoms with Crippen molar-refractivity contribution in [3.05, 3.63) is 12.7 Å². The van der Waals surface area contributed by atoms with Crippen molar-refractivity contribution in [3.8, 4) is 0 Å². The Bertz CT molecular complexity index is 237. The molecule has 1 heterocycles. The van der Waals surface area contributed by atoms with Gasteiger partial charge in [0, 0.05) is 19.1 Å². The summed E-state index contributed by atoms with van der Waals surface area (Å²) in [6, 6.07) is 0.443. The van der Waals surface area contributed by atoms with Crippen molar-refractivity contribution < 1.29 is 4.79 Å². The predicted octanol–water partition coefficient (Wildman–Crippen LogP) is 0.753. The van der Waals surface area contributed by atoms with Crippen molar-refractivity contribution >= 4 is 5.91 Å². The summed E-state index contributed by atoms with van der Waals surface area (Å²) < 4.78 is 0. The van der Waals surface area contributed by atoms with Crippen LogP contribution in [0.2, 0.25) is 0 Å². The molecule has 0 saturated carbocycles. The lowest BCUT2D eigenvalue weighted by molar-refractivity contribution is -0.120. The van der Waals surface area contributed by atoms with Gasteiger partial charge in [0.25, 0.3) is 0 Å². The molecule has 1 atom stereocenters. The lowest BCUT2D eigenvalue weighted by Crippen LogP contribution is -2.46. The zero-order valence-corrected chi connectivity index (χ0v) is 10.9. The third-order valence-electron chi connectivity index (χ3n) is 3.18. The van der Waals surface area contributed by atoms with Crippen molar-refractivity contribution in [3.63, 3.8) is 0 Å². The SMILES string of the molecule is C=CCNCC(=O)NCC(C)N1CCCCC1. The lowest BCUT2D eigenvalue weighted by Gasteiger charge is -2.32. The first-order valence-electron chi connectivity index (χ1n) is 6.56. The van der Waals surface area contributed by atoms with Gasteiger partial charge in [-0.1, -0.05) is 12.5 Å². The van der Waals surface area contributed by atoms with Crippen LogP contribution < -0.4 is 10.6 Å². The van der Waals surface area contributed by atoms with Crippen LogP contribution in [-0.4, -0.2) is 49.6 Å². The molecular formula is C13H25N3O. The molecule has 1 rings (SSSR count). The summed E-state index contributed by atoms with van der Waals surface area (Å²) in [5.41, 5.74) is 0. The number of nitrogens with one attached hydrogen (secondary N) is 2. The Balaban J connectivity index is 2.11. The summed E-state index contributed by atoms with van der Waals surface area (Å²) >= 11 is 0. The maximum Gasteiger partial charge on any atom is 0.234 e. The average Bonchev–Trinajstić information content (AvgIpc) is 2.37. The van der Waals surface area contributed by atoms with Crippen LogP contribution in [0.25, 0.3) is 0 Å². The Kier molecular flexibility index (Phi) is 6.89. The van der Waals surface area contributed by atoms with Crippen LogP contribution in [-0.2, 0) is 4.79 Å². The van der Waals surface area contributed by atoms with Crippen LogP contribution in [0, 0.1) is 0 Å². The molecule has 1 aliphatic heterocycles. The van der Waals surface area contributed by atoms with E-state index >= 15 is 0 Å². The van der Waals surface area contributed by atoms with E-state index < -0.39 is 0 Å². The third kappa shape index (κ3) is 5.84. The van der Waals surface area contributed by atoms with Gasteiger partial charge in [-0.25, -0.2) is 0 Å². The topological polar surface area (TPSA) is 44.4 Å². The van der Waals surface area contributed by atoms with Gasteiger partial charge in [-0.3, -0.25) is 9.69 Å². The minimum absolute atomic E-state index is 0.0655. The molecule has 17 heavy (non-hydrogen) atoms. The van der Waals surface area contributed by atoms with Gasteiger partial charge in [0.2, 0.25) is 5.91 Å². The zero-order chi connectivity index (χ0) is 12.5. The Morgan fingerprint density at radius 3 is 2.76 bits per heavy atom. The summed E-state index contributed by atoms with van der Waals surface area (Å²) in [7, 11) is 0. The average molecular weight is 239 g/mol. The van der Waals surface area contributed by atoms with Crippen LogP contribution in [0.3, 0.4) is 0 Å². The second kappa shape index (κ2) is 8.25. The fourth-order valence-corrected chi connectivity index (χ4v) is 2.10. The fraction of sp³-hybridized carbons (Fsp3) is 0.769. The number of carbonyl (C=O) groups is 1. The highest BCUT2D eigenvalue weighted by Gasteiger charge is 2.16. The molecule has 1 fully saturated rings. The normalized spacial score (nSPS) is 18.6. The highest BCUT2D eigenvalue weighted by molar-refractivity contribution is 5.78. The highest BCUT2D eigenvalue weighted by Crippen LogP contribution is 2.11. The Morgan fingerprint density at radius 1 is 1.41 bits per heavy atom. The molecule has 1 unspecified atom stereocenters. The maximum atomic E-state index is 11.5. The van der Waals surface area contributed by atoms with E-state index in [1.54, 1.807) is 6.08 Å². The van der Waals surface area contributed by atoms with E-state index in [4.69, 9.17) is 0 Å². The Morgan fingerprint density at radius 2 is 2.12 bits per heavy atom. The number of nitrogens with zero attached hydrogens (tertiary/aromatic N) is 1. The summed E-state index contributed by atoms with van der Waals surface area (Å²) in [5, 5.41) is 5.96. The molecule has 0 spiro atoms. The van der Waals surface area contributed by atoms with Crippen molar-refractivity contribution in [1.82, 2.24) is 15.5 Å². The summed E-state index contributed by atoms with van der Waals surface area (Å²) in [5.74, 6) is 0.0655. The molecule has 2 N–H and O–H groups in total. The van der Waals surface area contributed by atoms with Gasteiger partial charge in [-0.2, -0.15) is 0 Å². The van der Waals surface area contributed by atoms with E-state index in [9.17, 15) is 4.79 Å². The third-order valence-corrected chi connectivity index (χ3v) is 3.18. The van der Waals surface area contributed by atoms with Gasteiger partial charge in [-0.05, 0) is 32.9 Å². The first-order valence-corrected chi connectivity index (χ1v) is 6.56. The quantitative estimate of drug-likeness (QED) is 0.509. The number of amides is 1. The molecule has 1 saturated heterocycles. The molecule has 1 aliphatic rings. The first kappa shape index (κ1) is 14.2. The van der Waals surface area contributed by atoms with Crippen molar-refractivity contribution in [1.29, 1.82) is 0 Å². The van der Waals surface area contributed by atoms with E-state index in [1.165, 1.54) is 32.4 Å². The molecule has 0 bridgehead atoms. The smallest absolute Gasteiger partial charge is 0.234 e. The molecule has 4 nitrogen and oxygen atoms in total. The lowest BCUT2D eigenvalue weighted by atomic mass is 10.1. The molecule has 0 aromatic rings. The Labute approximate surface area is 104 Å². The predicted molar refractivity (Wildman–Crippen MR) is 71.0 cm³/mol. The number of hydrogen-bond acceptors (Lipinski definition) is 3. The minimum Gasteiger partial charge on any atom is -0.353 e. The largest absolute Gasteiger partial charge is 0.353 e. The van der Waals surface area contributed by atoms with Crippen LogP contribution in [0.15, 0.2) is 12.7 Å². The molecule has 0 radical (unpaired) electrons. The summed E-state index contributed by atoms with van der Waals surface area (Å²) in [6.45, 7) is 9.91. The molecule has 1 amide bonds. The van der Waals surface area contributed by atoms with Gasteiger partial charge in [0.1, 0.15) is 0 Å². The van der Waals surface area contributed by atoms with Crippen molar-refractivity contribution in [2.24, 2.45) is 0 Å². The fourth-order valence-electron chi connectivity index (χ4n) is 2.10. The summed E-state index contributed by atoms with van der Waals surface area (Å²) in [4.78, 5) is 13.9. The number of rotatable bonds is 7. The highest BCUT2D eigenvalue weighted by atomic mass is 16.1. The Hall–Kier alpha value is -0.870. The van der Waals surface area contributed by atoms with Crippen molar-refractivity contribution in [2.45, 2.75) is 32.2 Å². The molecule has 98 valence electrons. The second-order valence-electron chi connectivity index (χ2n) is 4.67. The minimum atomic E-state index is 0.0655. The van der Waals surface area contributed by atoms with Crippen LogP contribution in [0.5, 0.6) is 0 Å². The van der Waals surface area contributed by atoms with Gasteiger partial charge in [-0.15, -0.1) is 6.58 Å². The van der Waals surface area contributed by atoms with Gasteiger partial charge >= 0.3 is 0 Å². The van der Waals surface area contributed by atoms with Gasteiger partial charge in [0.05, 0.1) is 6.54 Å². The molecular weight excluding hydrogens is 214 g/mol. The molecule has 4 heteroatoms. The van der Waals surface area contributed by atoms with Gasteiger partial charge < -0.3 is 10.6 Å². The first-order chi connectivity index (χ1) is 8.24. The van der Waals surface area contributed by atoms with Crippen LogP contribution in [0.1, 0.15) is 26.2 Å². The van der Waals surface area contributed by atoms with E-state index in [2.05, 4.69) is 29.0 Å². The zero-order valence-electron chi connectivity index (χ0n) is 10.9. The number of hydrogen-bond donors (Lipinski definition) is 2. The number of likely N-dealkylation sites (tertiary alicyclic amines) is 1. The van der Waals surface area contributed by atoms with E-state index in [1.807, 2.05) is 0 Å². The molecule has 0 aromatic carbocycles. The number of carbonyl (C=O) groups excluding carboxylic acids is 1. The molecule has 0 aliphatic carbocycles. The van der Waals surface area contributed by atoms with E-state index in [-0.39, 0.29) is 5.91 Å². The van der Waals surface area contributed by atoms with E-state index in [0.29, 0.717) is 19.1 Å². The second-order valence-corrected chi connectivity index (χ2v) is 4.67. The molecule has 0 aromatic heterocycles. The summed E-state index contributed by atoms with van der Waals surface area (Å²) in [6.07, 6.45) is 5.68.